The van der Waals surface area contributed by atoms with Gasteiger partial charge in [-0.2, -0.15) is 0 Å². The van der Waals surface area contributed by atoms with Crippen LogP contribution in [0.4, 0.5) is 11.5 Å². The number of hydrogen-bond donors (Lipinski definition) is 2. The number of hydrogen-bond acceptors (Lipinski definition) is 7. The maximum Gasteiger partial charge on any atom is 0.343 e. The third-order valence-electron chi connectivity index (χ3n) is 3.89. The number of nitrogen functional groups attached to an aromatic ring is 1. The maximum absolute atomic E-state index is 12.4. The molecule has 7 nitrogen and oxygen atoms in total. The molecule has 1 heterocycles. The number of thioether (sulfide) groups is 1. The number of nitrogens with two attached hydrogens (primary N) is 1. The summed E-state index contributed by atoms with van der Waals surface area (Å²) in [6, 6.07) is 6.03. The Bertz CT molecular complexity index is 804. The van der Waals surface area contributed by atoms with Crippen molar-refractivity contribution in [1.82, 2.24) is 9.97 Å². The number of amides is 1. The smallest absolute Gasteiger partial charge is 0.343 e. The van der Waals surface area contributed by atoms with E-state index in [1.165, 1.54) is 6.20 Å². The van der Waals surface area contributed by atoms with Crippen molar-refractivity contribution in [3.63, 3.8) is 0 Å². The zero-order valence-electron chi connectivity index (χ0n) is 15.7. The van der Waals surface area contributed by atoms with Crippen molar-refractivity contribution in [2.75, 3.05) is 23.4 Å². The molecule has 1 aromatic carbocycles. The first kappa shape index (κ1) is 20.7. The van der Waals surface area contributed by atoms with Crippen LogP contribution in [0.2, 0.25) is 0 Å². The molecule has 3 N–H and O–H groups in total. The van der Waals surface area contributed by atoms with E-state index < -0.39 is 5.97 Å². The lowest BCUT2D eigenvalue weighted by molar-refractivity contribution is -0.113. The quantitative estimate of drug-likeness (QED) is 0.406. The van der Waals surface area contributed by atoms with Crippen molar-refractivity contribution >= 4 is 35.1 Å². The first-order valence-electron chi connectivity index (χ1n) is 8.83. The van der Waals surface area contributed by atoms with Crippen molar-refractivity contribution < 1.29 is 14.3 Å². The van der Waals surface area contributed by atoms with Gasteiger partial charge >= 0.3 is 5.97 Å². The second kappa shape index (κ2) is 9.91. The molecule has 0 aliphatic rings. The molecule has 0 aliphatic heterocycles. The number of carbonyl (C=O) groups excluding carboxylic acids is 2. The van der Waals surface area contributed by atoms with Crippen LogP contribution in [0.1, 0.15) is 42.3 Å². The number of para-hydroxylation sites is 1. The van der Waals surface area contributed by atoms with Crippen LogP contribution in [0, 0.1) is 0 Å². The Labute approximate surface area is 163 Å². The molecule has 0 saturated heterocycles. The number of anilines is 2. The van der Waals surface area contributed by atoms with Gasteiger partial charge in [-0.05, 0) is 30.9 Å². The van der Waals surface area contributed by atoms with Gasteiger partial charge in [-0.1, -0.05) is 43.8 Å². The van der Waals surface area contributed by atoms with Crippen LogP contribution in [0.5, 0.6) is 0 Å². The zero-order valence-corrected chi connectivity index (χ0v) is 16.6. The van der Waals surface area contributed by atoms with Gasteiger partial charge in [-0.15, -0.1) is 0 Å². The van der Waals surface area contributed by atoms with Gasteiger partial charge in [0.15, 0.2) is 5.16 Å². The second-order valence-electron chi connectivity index (χ2n) is 5.67. The van der Waals surface area contributed by atoms with Crippen LogP contribution in [0.3, 0.4) is 0 Å². The van der Waals surface area contributed by atoms with Crippen LogP contribution in [0.15, 0.2) is 29.6 Å². The van der Waals surface area contributed by atoms with Gasteiger partial charge in [0.2, 0.25) is 5.91 Å². The first-order valence-corrected chi connectivity index (χ1v) is 9.81. The Kier molecular flexibility index (Phi) is 7.60. The van der Waals surface area contributed by atoms with Crippen LogP contribution < -0.4 is 11.1 Å². The number of nitrogens with one attached hydrogen (secondary N) is 1. The highest BCUT2D eigenvalue weighted by Crippen LogP contribution is 2.23. The highest BCUT2D eigenvalue weighted by Gasteiger charge is 2.15. The molecule has 8 heteroatoms. The van der Waals surface area contributed by atoms with Gasteiger partial charge in [0.05, 0.1) is 12.4 Å². The first-order chi connectivity index (χ1) is 13.0. The fourth-order valence-electron chi connectivity index (χ4n) is 2.52. The third kappa shape index (κ3) is 5.43. The summed E-state index contributed by atoms with van der Waals surface area (Å²) in [6.45, 7) is 6.06. The molecular weight excluding hydrogens is 364 g/mol. The summed E-state index contributed by atoms with van der Waals surface area (Å²) in [4.78, 5) is 32.2. The molecule has 0 radical (unpaired) electrons. The summed E-state index contributed by atoms with van der Waals surface area (Å²) < 4.78 is 4.89. The number of aromatic nitrogens is 2. The molecule has 1 aromatic heterocycles. The molecule has 2 aromatic rings. The number of nitrogens with zero attached hydrogens (tertiary/aromatic N) is 2. The molecule has 0 spiro atoms. The molecule has 0 atom stereocenters. The standard InChI is InChI=1S/C19H24N4O3S/c1-4-12-8-7-9-13(5-2)16(12)22-15(24)11-27-19-21-10-14(17(20)23-19)18(25)26-6-3/h7-10H,4-6,11H2,1-3H3,(H,22,24)(H2,20,21,23). The lowest BCUT2D eigenvalue weighted by atomic mass is 10.0. The van der Waals surface area contributed by atoms with Crippen LogP contribution >= 0.6 is 11.8 Å². The molecule has 0 aliphatic carbocycles. The topological polar surface area (TPSA) is 107 Å². The predicted octanol–water partition coefficient (Wildman–Crippen LogP) is 3.09. The largest absolute Gasteiger partial charge is 0.462 e. The summed E-state index contributed by atoms with van der Waals surface area (Å²) in [5, 5.41) is 3.32. The summed E-state index contributed by atoms with van der Waals surface area (Å²) in [5.41, 5.74) is 9.00. The molecule has 0 bridgehead atoms. The summed E-state index contributed by atoms with van der Waals surface area (Å²) in [6.07, 6.45) is 3.00. The Balaban J connectivity index is 2.02. The fourth-order valence-corrected chi connectivity index (χ4v) is 3.14. The maximum atomic E-state index is 12.4. The number of benzene rings is 1. The zero-order chi connectivity index (χ0) is 19.8. The molecule has 144 valence electrons. The molecular formula is C19H24N4O3S. The van der Waals surface area contributed by atoms with E-state index in [1.807, 2.05) is 18.2 Å². The van der Waals surface area contributed by atoms with Gasteiger partial charge in [-0.25, -0.2) is 14.8 Å². The number of ether oxygens (including phenoxy) is 1. The van der Waals surface area contributed by atoms with Crippen molar-refractivity contribution in [1.29, 1.82) is 0 Å². The van der Waals surface area contributed by atoms with Gasteiger partial charge in [-0.3, -0.25) is 4.79 Å². The number of rotatable bonds is 8. The van der Waals surface area contributed by atoms with Gasteiger partial charge < -0.3 is 15.8 Å². The molecule has 1 amide bonds. The van der Waals surface area contributed by atoms with Gasteiger partial charge in [0.25, 0.3) is 0 Å². The second-order valence-corrected chi connectivity index (χ2v) is 6.61. The molecule has 0 unspecified atom stereocenters. The van der Waals surface area contributed by atoms with Crippen LogP contribution in [-0.4, -0.2) is 34.2 Å². The van der Waals surface area contributed by atoms with Crippen molar-refractivity contribution in [2.45, 2.75) is 38.8 Å². The Morgan fingerprint density at radius 2 is 1.85 bits per heavy atom. The molecule has 27 heavy (non-hydrogen) atoms. The van der Waals surface area contributed by atoms with E-state index in [0.29, 0.717) is 5.16 Å². The molecule has 0 saturated carbocycles. The highest BCUT2D eigenvalue weighted by molar-refractivity contribution is 7.99. The minimum absolute atomic E-state index is 0.0379. The Morgan fingerprint density at radius 1 is 1.19 bits per heavy atom. The van der Waals surface area contributed by atoms with Crippen molar-refractivity contribution in [3.8, 4) is 0 Å². The van der Waals surface area contributed by atoms with Crippen LogP contribution in [-0.2, 0) is 22.4 Å². The van der Waals surface area contributed by atoms with E-state index in [4.69, 9.17) is 10.5 Å². The highest BCUT2D eigenvalue weighted by atomic mass is 32.2. The lowest BCUT2D eigenvalue weighted by Crippen LogP contribution is -2.17. The van der Waals surface area contributed by atoms with E-state index in [-0.39, 0.29) is 29.6 Å². The normalized spacial score (nSPS) is 10.5. The van der Waals surface area contributed by atoms with E-state index in [0.717, 1.165) is 41.4 Å². The molecule has 2 rings (SSSR count). The average molecular weight is 388 g/mol. The number of esters is 1. The monoisotopic (exact) mass is 388 g/mol. The SMILES string of the molecule is CCOC(=O)c1cnc(SCC(=O)Nc2c(CC)cccc2CC)nc1N. The molecule has 0 fully saturated rings. The summed E-state index contributed by atoms with van der Waals surface area (Å²) >= 11 is 1.16. The van der Waals surface area contributed by atoms with E-state index in [9.17, 15) is 9.59 Å². The van der Waals surface area contributed by atoms with Crippen molar-refractivity contribution in [2.24, 2.45) is 0 Å². The Morgan fingerprint density at radius 3 is 2.41 bits per heavy atom. The van der Waals surface area contributed by atoms with E-state index in [2.05, 4.69) is 29.1 Å². The van der Waals surface area contributed by atoms with Gasteiger partial charge in [0.1, 0.15) is 11.4 Å². The fraction of sp³-hybridized carbons (Fsp3) is 0.368. The third-order valence-corrected chi connectivity index (χ3v) is 4.75. The lowest BCUT2D eigenvalue weighted by Gasteiger charge is -2.14. The average Bonchev–Trinajstić information content (AvgIpc) is 2.66. The van der Waals surface area contributed by atoms with Crippen LogP contribution in [0.25, 0.3) is 0 Å². The number of carbonyl (C=O) groups is 2. The van der Waals surface area contributed by atoms with Crippen molar-refractivity contribution in [3.05, 3.63) is 41.1 Å². The predicted molar refractivity (Wildman–Crippen MR) is 107 cm³/mol. The van der Waals surface area contributed by atoms with E-state index in [1.54, 1.807) is 6.92 Å². The van der Waals surface area contributed by atoms with E-state index >= 15 is 0 Å². The summed E-state index contributed by atoms with van der Waals surface area (Å²) in [5.74, 6) is -0.532. The Hall–Kier alpha value is -2.61. The number of aryl methyl sites for hydroxylation is 2. The summed E-state index contributed by atoms with van der Waals surface area (Å²) in [7, 11) is 0. The minimum Gasteiger partial charge on any atom is -0.462 e. The minimum atomic E-state index is -0.562. The van der Waals surface area contributed by atoms with Gasteiger partial charge in [0, 0.05) is 11.9 Å².